The molecule has 7 heteroatoms. The Bertz CT molecular complexity index is 485. The second-order valence-corrected chi connectivity index (χ2v) is 4.15. The average molecular weight is 279 g/mol. The highest BCUT2D eigenvalue weighted by Gasteiger charge is 2.03. The molecule has 0 fully saturated rings. The summed E-state index contributed by atoms with van der Waals surface area (Å²) >= 11 is 0. The molecule has 0 saturated heterocycles. The van der Waals surface area contributed by atoms with Crippen LogP contribution in [0, 0.1) is 0 Å². The Morgan fingerprint density at radius 2 is 1.65 bits per heavy atom. The van der Waals surface area contributed by atoms with Crippen LogP contribution in [0.15, 0.2) is 24.3 Å². The molecule has 0 aliphatic rings. The van der Waals surface area contributed by atoms with Crippen molar-refractivity contribution in [2.75, 3.05) is 13.1 Å². The Kier molecular flexibility index (Phi) is 6.02. The molecule has 0 saturated carbocycles. The number of nitrogens with one attached hydrogen (secondary N) is 2. The minimum atomic E-state index is -0.969. The molecule has 0 spiro atoms. The van der Waals surface area contributed by atoms with E-state index in [0.29, 0.717) is 13.0 Å². The molecule has 1 aromatic rings. The number of carboxylic acid groups (broad SMARTS) is 1. The lowest BCUT2D eigenvalue weighted by atomic mass is 10.1. The zero-order valence-electron chi connectivity index (χ0n) is 10.9. The van der Waals surface area contributed by atoms with Crippen molar-refractivity contribution in [2.24, 2.45) is 5.73 Å². The van der Waals surface area contributed by atoms with Crippen molar-refractivity contribution >= 4 is 17.9 Å². The van der Waals surface area contributed by atoms with Crippen molar-refractivity contribution in [3.8, 4) is 0 Å². The van der Waals surface area contributed by atoms with E-state index in [2.05, 4.69) is 10.6 Å². The van der Waals surface area contributed by atoms with Gasteiger partial charge in [-0.2, -0.15) is 0 Å². The van der Waals surface area contributed by atoms with E-state index in [9.17, 15) is 14.4 Å². The number of carbonyl (C=O) groups is 3. The smallest absolute Gasteiger partial charge is 0.335 e. The molecule has 0 aliphatic carbocycles. The largest absolute Gasteiger partial charge is 0.478 e. The standard InChI is InChI=1S/C13H17N3O4/c14-11(17)6-8-16-13(20)15-7-5-9-1-3-10(4-2-9)12(18)19/h1-4H,5-8H2,(H2,14,17)(H,18,19)(H2,15,16,20). The lowest BCUT2D eigenvalue weighted by Gasteiger charge is -2.07. The molecule has 0 aliphatic heterocycles. The summed E-state index contributed by atoms with van der Waals surface area (Å²) in [6, 6.07) is 6.08. The number of carboxylic acids is 1. The molecule has 0 radical (unpaired) electrons. The van der Waals surface area contributed by atoms with Gasteiger partial charge in [0.25, 0.3) is 0 Å². The van der Waals surface area contributed by atoms with Crippen molar-refractivity contribution in [1.29, 1.82) is 0 Å². The summed E-state index contributed by atoms with van der Waals surface area (Å²) in [7, 11) is 0. The fourth-order valence-corrected chi connectivity index (χ4v) is 1.50. The molecule has 3 amide bonds. The zero-order valence-corrected chi connectivity index (χ0v) is 10.9. The summed E-state index contributed by atoms with van der Waals surface area (Å²) in [5, 5.41) is 13.9. The maximum absolute atomic E-state index is 11.3. The third-order valence-electron chi connectivity index (χ3n) is 2.56. The number of hydrogen-bond acceptors (Lipinski definition) is 3. The van der Waals surface area contributed by atoms with E-state index < -0.39 is 11.9 Å². The predicted octanol–water partition coefficient (Wildman–Crippen LogP) is 0.102. The number of benzene rings is 1. The summed E-state index contributed by atoms with van der Waals surface area (Å²) < 4.78 is 0. The lowest BCUT2D eigenvalue weighted by molar-refractivity contribution is -0.117. The van der Waals surface area contributed by atoms with Crippen LogP contribution in [0.5, 0.6) is 0 Å². The van der Waals surface area contributed by atoms with Crippen molar-refractivity contribution in [3.63, 3.8) is 0 Å². The SMILES string of the molecule is NC(=O)CCNC(=O)NCCc1ccc(C(=O)O)cc1. The van der Waals surface area contributed by atoms with E-state index in [1.165, 1.54) is 12.1 Å². The number of urea groups is 1. The lowest BCUT2D eigenvalue weighted by Crippen LogP contribution is -2.38. The minimum absolute atomic E-state index is 0.101. The van der Waals surface area contributed by atoms with E-state index in [4.69, 9.17) is 10.8 Å². The molecule has 1 aromatic carbocycles. The second kappa shape index (κ2) is 7.78. The second-order valence-electron chi connectivity index (χ2n) is 4.15. The topological polar surface area (TPSA) is 122 Å². The fourth-order valence-electron chi connectivity index (χ4n) is 1.50. The fraction of sp³-hybridized carbons (Fsp3) is 0.308. The third-order valence-corrected chi connectivity index (χ3v) is 2.56. The summed E-state index contributed by atoms with van der Waals surface area (Å²) in [5.41, 5.74) is 6.09. The Labute approximate surface area is 116 Å². The monoisotopic (exact) mass is 279 g/mol. The van der Waals surface area contributed by atoms with Gasteiger partial charge in [0.1, 0.15) is 0 Å². The quantitative estimate of drug-likeness (QED) is 0.565. The van der Waals surface area contributed by atoms with Gasteiger partial charge in [0.05, 0.1) is 5.56 Å². The molecule has 20 heavy (non-hydrogen) atoms. The van der Waals surface area contributed by atoms with E-state index in [-0.39, 0.29) is 24.6 Å². The van der Waals surface area contributed by atoms with Crippen LogP contribution in [0.4, 0.5) is 4.79 Å². The molecule has 0 heterocycles. The molecular weight excluding hydrogens is 262 g/mol. The first kappa shape index (κ1) is 15.5. The zero-order chi connectivity index (χ0) is 15.0. The van der Waals surface area contributed by atoms with Gasteiger partial charge in [-0.1, -0.05) is 12.1 Å². The number of primary amides is 1. The van der Waals surface area contributed by atoms with E-state index >= 15 is 0 Å². The summed E-state index contributed by atoms with van der Waals surface area (Å²) in [5.74, 6) is -1.44. The van der Waals surface area contributed by atoms with Gasteiger partial charge >= 0.3 is 12.0 Å². The first-order valence-electron chi connectivity index (χ1n) is 6.11. The predicted molar refractivity (Wildman–Crippen MR) is 72.3 cm³/mol. The molecule has 0 aromatic heterocycles. The summed E-state index contributed by atoms with van der Waals surface area (Å²) in [6.45, 7) is 0.614. The molecule has 0 bridgehead atoms. The van der Waals surface area contributed by atoms with Gasteiger partial charge in [0, 0.05) is 19.5 Å². The van der Waals surface area contributed by atoms with Crippen LogP contribution in [-0.2, 0) is 11.2 Å². The molecule has 0 atom stereocenters. The van der Waals surface area contributed by atoms with Gasteiger partial charge in [0.2, 0.25) is 5.91 Å². The Balaban J connectivity index is 2.24. The van der Waals surface area contributed by atoms with Gasteiger partial charge in [-0.25, -0.2) is 9.59 Å². The normalized spacial score (nSPS) is 9.80. The van der Waals surface area contributed by atoms with Crippen molar-refractivity contribution in [1.82, 2.24) is 10.6 Å². The highest BCUT2D eigenvalue weighted by atomic mass is 16.4. The van der Waals surface area contributed by atoms with Crippen LogP contribution in [-0.4, -0.2) is 36.1 Å². The van der Waals surface area contributed by atoms with Gasteiger partial charge in [-0.3, -0.25) is 4.79 Å². The van der Waals surface area contributed by atoms with Crippen molar-refractivity contribution in [2.45, 2.75) is 12.8 Å². The van der Waals surface area contributed by atoms with Crippen LogP contribution < -0.4 is 16.4 Å². The maximum atomic E-state index is 11.3. The molecule has 1 rings (SSSR count). The van der Waals surface area contributed by atoms with E-state index in [1.807, 2.05) is 0 Å². The van der Waals surface area contributed by atoms with Crippen LogP contribution in [0.3, 0.4) is 0 Å². The van der Waals surface area contributed by atoms with Crippen molar-refractivity contribution < 1.29 is 19.5 Å². The number of hydrogen-bond donors (Lipinski definition) is 4. The number of rotatable bonds is 7. The van der Waals surface area contributed by atoms with Crippen LogP contribution in [0.2, 0.25) is 0 Å². The van der Waals surface area contributed by atoms with E-state index in [0.717, 1.165) is 5.56 Å². The first-order chi connectivity index (χ1) is 9.49. The molecule has 0 unspecified atom stereocenters. The maximum Gasteiger partial charge on any atom is 0.335 e. The number of carbonyl (C=O) groups excluding carboxylic acids is 2. The van der Waals surface area contributed by atoms with E-state index in [1.54, 1.807) is 12.1 Å². The average Bonchev–Trinajstić information content (AvgIpc) is 2.39. The summed E-state index contributed by atoms with van der Waals surface area (Å²) in [6.07, 6.45) is 0.688. The molecule has 108 valence electrons. The van der Waals surface area contributed by atoms with Gasteiger partial charge < -0.3 is 21.5 Å². The summed E-state index contributed by atoms with van der Waals surface area (Å²) in [4.78, 5) is 32.4. The highest BCUT2D eigenvalue weighted by molar-refractivity contribution is 5.87. The first-order valence-corrected chi connectivity index (χ1v) is 6.11. The van der Waals surface area contributed by atoms with Crippen LogP contribution >= 0.6 is 0 Å². The van der Waals surface area contributed by atoms with Crippen molar-refractivity contribution in [3.05, 3.63) is 35.4 Å². The highest BCUT2D eigenvalue weighted by Crippen LogP contribution is 2.04. The Morgan fingerprint density at radius 3 is 2.20 bits per heavy atom. The minimum Gasteiger partial charge on any atom is -0.478 e. The Morgan fingerprint density at radius 1 is 1.05 bits per heavy atom. The van der Waals surface area contributed by atoms with Crippen LogP contribution in [0.1, 0.15) is 22.3 Å². The Hall–Kier alpha value is -2.57. The molecular formula is C13H17N3O4. The molecule has 7 nitrogen and oxygen atoms in total. The van der Waals surface area contributed by atoms with Gasteiger partial charge in [-0.15, -0.1) is 0 Å². The van der Waals surface area contributed by atoms with Crippen LogP contribution in [0.25, 0.3) is 0 Å². The number of amides is 3. The van der Waals surface area contributed by atoms with Gasteiger partial charge in [0.15, 0.2) is 0 Å². The van der Waals surface area contributed by atoms with Gasteiger partial charge in [-0.05, 0) is 24.1 Å². The number of aromatic carboxylic acids is 1. The molecule has 5 N–H and O–H groups in total. The number of nitrogens with two attached hydrogens (primary N) is 1. The third kappa shape index (κ3) is 5.85.